The minimum absolute atomic E-state index is 0.170. The molecule has 1 atom stereocenters. The zero-order chi connectivity index (χ0) is 17.1. The van der Waals surface area contributed by atoms with Crippen molar-refractivity contribution < 1.29 is 9.59 Å². The lowest BCUT2D eigenvalue weighted by atomic mass is 10.2. The van der Waals surface area contributed by atoms with Gasteiger partial charge in [0.2, 0.25) is 5.84 Å². The van der Waals surface area contributed by atoms with Gasteiger partial charge in [0.1, 0.15) is 6.04 Å². The van der Waals surface area contributed by atoms with E-state index in [1.165, 1.54) is 5.01 Å². The molecular weight excluding hydrogens is 324 g/mol. The van der Waals surface area contributed by atoms with Crippen LogP contribution in [0.1, 0.15) is 12.5 Å². The van der Waals surface area contributed by atoms with E-state index in [4.69, 9.17) is 0 Å². The summed E-state index contributed by atoms with van der Waals surface area (Å²) in [6, 6.07) is 10.5. The van der Waals surface area contributed by atoms with Crippen LogP contribution in [0.3, 0.4) is 0 Å². The van der Waals surface area contributed by atoms with Gasteiger partial charge in [0.05, 0.1) is 5.69 Å². The molecule has 1 aliphatic rings. The number of thiophene rings is 1. The van der Waals surface area contributed by atoms with Gasteiger partial charge in [-0.2, -0.15) is 11.3 Å². The molecule has 0 saturated carbocycles. The Hall–Kier alpha value is -2.67. The molecule has 24 heavy (non-hydrogen) atoms. The van der Waals surface area contributed by atoms with Crippen molar-refractivity contribution in [2.45, 2.75) is 19.5 Å². The SMILES string of the molecule is CC1N=C(C(=O)N(C)Cc2ccsc2)NN(c2ccccc2)C1=O. The lowest BCUT2D eigenvalue weighted by Crippen LogP contribution is -2.58. The first-order valence-corrected chi connectivity index (χ1v) is 8.50. The zero-order valence-corrected chi connectivity index (χ0v) is 14.3. The van der Waals surface area contributed by atoms with Crippen molar-refractivity contribution >= 4 is 34.7 Å². The lowest BCUT2D eigenvalue weighted by Gasteiger charge is -2.31. The first-order valence-electron chi connectivity index (χ1n) is 7.56. The van der Waals surface area contributed by atoms with Crippen molar-refractivity contribution in [1.82, 2.24) is 10.3 Å². The molecule has 1 unspecified atom stereocenters. The van der Waals surface area contributed by atoms with Gasteiger partial charge in [0.25, 0.3) is 11.8 Å². The number of rotatable bonds is 4. The Balaban J connectivity index is 1.78. The van der Waals surface area contributed by atoms with Crippen molar-refractivity contribution in [3.63, 3.8) is 0 Å². The van der Waals surface area contributed by atoms with Gasteiger partial charge in [-0.15, -0.1) is 0 Å². The van der Waals surface area contributed by atoms with Gasteiger partial charge in [-0.25, -0.2) is 10.0 Å². The van der Waals surface area contributed by atoms with E-state index in [0.29, 0.717) is 12.2 Å². The molecular formula is C17H18N4O2S. The summed E-state index contributed by atoms with van der Waals surface area (Å²) in [4.78, 5) is 30.8. The van der Waals surface area contributed by atoms with E-state index in [1.54, 1.807) is 42.3 Å². The van der Waals surface area contributed by atoms with E-state index in [0.717, 1.165) is 5.56 Å². The number of anilines is 1. The molecule has 1 aliphatic heterocycles. The fourth-order valence-electron chi connectivity index (χ4n) is 2.41. The van der Waals surface area contributed by atoms with E-state index in [-0.39, 0.29) is 17.6 Å². The highest BCUT2D eigenvalue weighted by atomic mass is 32.1. The van der Waals surface area contributed by atoms with Crippen LogP contribution in [-0.2, 0) is 16.1 Å². The molecule has 0 bridgehead atoms. The van der Waals surface area contributed by atoms with Crippen LogP contribution < -0.4 is 10.4 Å². The third-order valence-electron chi connectivity index (χ3n) is 3.68. The number of hydrazine groups is 1. The van der Waals surface area contributed by atoms with Gasteiger partial charge in [-0.1, -0.05) is 18.2 Å². The molecule has 1 aromatic carbocycles. The number of amides is 2. The number of hydrogen-bond acceptors (Lipinski definition) is 5. The summed E-state index contributed by atoms with van der Waals surface area (Å²) in [5, 5.41) is 5.35. The summed E-state index contributed by atoms with van der Waals surface area (Å²) in [6.07, 6.45) is 0. The second-order valence-corrected chi connectivity index (χ2v) is 6.35. The lowest BCUT2D eigenvalue weighted by molar-refractivity contribution is -0.124. The largest absolute Gasteiger partial charge is 0.335 e. The van der Waals surface area contributed by atoms with Crippen molar-refractivity contribution in [3.05, 3.63) is 52.7 Å². The highest BCUT2D eigenvalue weighted by Gasteiger charge is 2.31. The number of benzene rings is 1. The number of para-hydroxylation sites is 1. The Kier molecular flexibility index (Phi) is 4.61. The molecule has 0 aliphatic carbocycles. The van der Waals surface area contributed by atoms with Crippen molar-refractivity contribution in [3.8, 4) is 0 Å². The van der Waals surface area contributed by atoms with Crippen LogP contribution in [0.2, 0.25) is 0 Å². The molecule has 0 saturated heterocycles. The number of likely N-dealkylation sites (N-methyl/N-ethyl adjacent to an activating group) is 1. The maximum Gasteiger partial charge on any atom is 0.290 e. The van der Waals surface area contributed by atoms with Gasteiger partial charge in [-0.3, -0.25) is 15.0 Å². The predicted octanol–water partition coefficient (Wildman–Crippen LogP) is 2.04. The highest BCUT2D eigenvalue weighted by molar-refractivity contribution is 7.07. The quantitative estimate of drug-likeness (QED) is 0.925. The molecule has 124 valence electrons. The molecule has 2 heterocycles. The first-order chi connectivity index (χ1) is 11.6. The molecule has 3 rings (SSSR count). The number of nitrogens with one attached hydrogen (secondary N) is 1. The van der Waals surface area contributed by atoms with Crippen LogP contribution in [0.5, 0.6) is 0 Å². The molecule has 7 heteroatoms. The molecule has 6 nitrogen and oxygen atoms in total. The molecule has 1 N–H and O–H groups in total. The predicted molar refractivity (Wildman–Crippen MR) is 94.8 cm³/mol. The van der Waals surface area contributed by atoms with Gasteiger partial charge < -0.3 is 4.90 Å². The van der Waals surface area contributed by atoms with E-state index in [1.807, 2.05) is 35.0 Å². The first kappa shape index (κ1) is 16.2. The van der Waals surface area contributed by atoms with Gasteiger partial charge in [0, 0.05) is 13.6 Å². The average Bonchev–Trinajstić information content (AvgIpc) is 3.10. The van der Waals surface area contributed by atoms with Crippen molar-refractivity contribution in [2.24, 2.45) is 4.99 Å². The van der Waals surface area contributed by atoms with Crippen LogP contribution in [0, 0.1) is 0 Å². The molecule has 0 radical (unpaired) electrons. The fraction of sp³-hybridized carbons (Fsp3) is 0.235. The summed E-state index contributed by atoms with van der Waals surface area (Å²) >= 11 is 1.59. The molecule has 1 aromatic heterocycles. The second-order valence-electron chi connectivity index (χ2n) is 5.57. The minimum Gasteiger partial charge on any atom is -0.335 e. The van der Waals surface area contributed by atoms with E-state index in [2.05, 4.69) is 10.4 Å². The summed E-state index contributed by atoms with van der Waals surface area (Å²) in [7, 11) is 1.72. The van der Waals surface area contributed by atoms with Crippen LogP contribution in [-0.4, -0.2) is 35.6 Å². The van der Waals surface area contributed by atoms with Crippen molar-refractivity contribution in [1.29, 1.82) is 0 Å². The fourth-order valence-corrected chi connectivity index (χ4v) is 3.07. The maximum absolute atomic E-state index is 12.7. The summed E-state index contributed by atoms with van der Waals surface area (Å²) in [5.41, 5.74) is 4.60. The second kappa shape index (κ2) is 6.84. The van der Waals surface area contributed by atoms with Gasteiger partial charge >= 0.3 is 0 Å². The number of carbonyl (C=O) groups is 2. The Morgan fingerprint density at radius 3 is 2.75 bits per heavy atom. The standard InChI is InChI=1S/C17H18N4O2S/c1-12-16(22)21(14-6-4-3-5-7-14)19-15(18-12)17(23)20(2)10-13-8-9-24-11-13/h3-9,11-12H,10H2,1-2H3,(H,18,19). The molecule has 2 amide bonds. The molecule has 0 fully saturated rings. The Morgan fingerprint density at radius 1 is 1.33 bits per heavy atom. The Morgan fingerprint density at radius 2 is 2.08 bits per heavy atom. The van der Waals surface area contributed by atoms with Crippen LogP contribution in [0.25, 0.3) is 0 Å². The highest BCUT2D eigenvalue weighted by Crippen LogP contribution is 2.16. The summed E-state index contributed by atoms with van der Waals surface area (Å²) in [6.45, 7) is 2.18. The van der Waals surface area contributed by atoms with Gasteiger partial charge in [0.15, 0.2) is 0 Å². The number of hydrogen-bond donors (Lipinski definition) is 1. The van der Waals surface area contributed by atoms with Crippen LogP contribution in [0.4, 0.5) is 5.69 Å². The van der Waals surface area contributed by atoms with Crippen LogP contribution in [0.15, 0.2) is 52.2 Å². The third kappa shape index (κ3) is 3.30. The van der Waals surface area contributed by atoms with Crippen LogP contribution >= 0.6 is 11.3 Å². The number of carbonyl (C=O) groups excluding carboxylic acids is 2. The average molecular weight is 342 g/mol. The zero-order valence-electron chi connectivity index (χ0n) is 13.5. The Labute approximate surface area is 144 Å². The number of amidine groups is 1. The topological polar surface area (TPSA) is 65.0 Å². The Bertz CT molecular complexity index is 758. The summed E-state index contributed by atoms with van der Waals surface area (Å²) < 4.78 is 0. The van der Waals surface area contributed by atoms with E-state index in [9.17, 15) is 9.59 Å². The smallest absolute Gasteiger partial charge is 0.290 e. The molecule has 2 aromatic rings. The monoisotopic (exact) mass is 342 g/mol. The summed E-state index contributed by atoms with van der Waals surface area (Å²) in [5.74, 6) is -0.275. The van der Waals surface area contributed by atoms with Crippen molar-refractivity contribution in [2.75, 3.05) is 12.1 Å². The maximum atomic E-state index is 12.7. The normalized spacial score (nSPS) is 17.2. The number of aliphatic imine (C=N–C) groups is 1. The molecule has 0 spiro atoms. The van der Waals surface area contributed by atoms with Gasteiger partial charge in [-0.05, 0) is 41.4 Å². The number of nitrogens with zero attached hydrogens (tertiary/aromatic N) is 3. The van der Waals surface area contributed by atoms with E-state index >= 15 is 0 Å². The minimum atomic E-state index is -0.611. The third-order valence-corrected chi connectivity index (χ3v) is 4.41. The van der Waals surface area contributed by atoms with E-state index < -0.39 is 6.04 Å².